The SMILES string of the molecule is C[C@@H](CNC(=O)CCCOc1ccc(Cl)cc1)c1ccccc1. The maximum atomic E-state index is 11.9. The van der Waals surface area contributed by atoms with Crippen LogP contribution in [0.5, 0.6) is 5.75 Å². The van der Waals surface area contributed by atoms with Gasteiger partial charge in [0.05, 0.1) is 6.61 Å². The Morgan fingerprint density at radius 3 is 2.52 bits per heavy atom. The van der Waals surface area contributed by atoms with Gasteiger partial charge < -0.3 is 10.1 Å². The van der Waals surface area contributed by atoms with E-state index in [1.54, 1.807) is 12.1 Å². The van der Waals surface area contributed by atoms with E-state index in [1.165, 1.54) is 5.56 Å². The lowest BCUT2D eigenvalue weighted by molar-refractivity contribution is -0.121. The van der Waals surface area contributed by atoms with Gasteiger partial charge in [0.1, 0.15) is 5.75 Å². The number of ether oxygens (including phenoxy) is 1. The van der Waals surface area contributed by atoms with Crippen molar-refractivity contribution in [3.05, 3.63) is 65.2 Å². The quantitative estimate of drug-likeness (QED) is 0.727. The lowest BCUT2D eigenvalue weighted by atomic mass is 10.0. The number of rotatable bonds is 8. The molecule has 0 aromatic heterocycles. The molecular weight excluding hydrogens is 310 g/mol. The molecule has 1 atom stereocenters. The number of benzene rings is 2. The first kappa shape index (κ1) is 17.4. The lowest BCUT2D eigenvalue weighted by Crippen LogP contribution is -2.27. The molecule has 0 fully saturated rings. The summed E-state index contributed by atoms with van der Waals surface area (Å²) < 4.78 is 5.57. The third kappa shape index (κ3) is 6.33. The van der Waals surface area contributed by atoms with E-state index in [9.17, 15) is 4.79 Å². The van der Waals surface area contributed by atoms with Crippen molar-refractivity contribution in [2.75, 3.05) is 13.2 Å². The van der Waals surface area contributed by atoms with Crippen molar-refractivity contribution >= 4 is 17.5 Å². The van der Waals surface area contributed by atoms with Gasteiger partial charge in [-0.25, -0.2) is 0 Å². The van der Waals surface area contributed by atoms with Crippen LogP contribution in [0.1, 0.15) is 31.2 Å². The number of hydrogen-bond donors (Lipinski definition) is 1. The maximum Gasteiger partial charge on any atom is 0.220 e. The van der Waals surface area contributed by atoms with Gasteiger partial charge in [-0.3, -0.25) is 4.79 Å². The van der Waals surface area contributed by atoms with Crippen LogP contribution in [0.15, 0.2) is 54.6 Å². The third-order valence-electron chi connectivity index (χ3n) is 3.60. The highest BCUT2D eigenvalue weighted by Crippen LogP contribution is 2.16. The second-order valence-electron chi connectivity index (χ2n) is 5.52. The molecule has 122 valence electrons. The Hall–Kier alpha value is -2.00. The van der Waals surface area contributed by atoms with E-state index in [2.05, 4.69) is 24.4 Å². The Morgan fingerprint density at radius 1 is 1.13 bits per heavy atom. The topological polar surface area (TPSA) is 38.3 Å². The summed E-state index contributed by atoms with van der Waals surface area (Å²) in [4.78, 5) is 11.9. The van der Waals surface area contributed by atoms with Crippen LogP contribution in [-0.2, 0) is 4.79 Å². The Morgan fingerprint density at radius 2 is 1.83 bits per heavy atom. The van der Waals surface area contributed by atoms with Gasteiger partial charge in [-0.1, -0.05) is 48.9 Å². The first-order valence-corrected chi connectivity index (χ1v) is 8.23. The summed E-state index contributed by atoms with van der Waals surface area (Å²) in [6.45, 7) is 3.28. The molecule has 0 bridgehead atoms. The van der Waals surface area contributed by atoms with E-state index in [0.717, 1.165) is 5.75 Å². The van der Waals surface area contributed by atoms with E-state index in [-0.39, 0.29) is 5.91 Å². The van der Waals surface area contributed by atoms with Gasteiger partial charge in [-0.15, -0.1) is 0 Å². The molecule has 0 spiro atoms. The fourth-order valence-electron chi connectivity index (χ4n) is 2.21. The van der Waals surface area contributed by atoms with Crippen molar-refractivity contribution in [3.63, 3.8) is 0 Å². The molecule has 1 N–H and O–H groups in total. The Balaban J connectivity index is 1.61. The average Bonchev–Trinajstić information content (AvgIpc) is 2.59. The highest BCUT2D eigenvalue weighted by molar-refractivity contribution is 6.30. The molecule has 2 rings (SSSR count). The van der Waals surface area contributed by atoms with E-state index in [0.29, 0.717) is 36.9 Å². The molecule has 2 aromatic carbocycles. The van der Waals surface area contributed by atoms with Gasteiger partial charge in [-0.05, 0) is 42.2 Å². The van der Waals surface area contributed by atoms with Crippen LogP contribution in [0.3, 0.4) is 0 Å². The Labute approximate surface area is 142 Å². The molecule has 0 aliphatic carbocycles. The van der Waals surface area contributed by atoms with Gasteiger partial charge in [-0.2, -0.15) is 0 Å². The normalized spacial score (nSPS) is 11.7. The van der Waals surface area contributed by atoms with Gasteiger partial charge in [0.25, 0.3) is 0 Å². The summed E-state index contributed by atoms with van der Waals surface area (Å²) in [6.07, 6.45) is 1.16. The summed E-state index contributed by atoms with van der Waals surface area (Å²) in [5.41, 5.74) is 1.24. The minimum atomic E-state index is 0.0625. The molecule has 1 amide bonds. The van der Waals surface area contributed by atoms with Gasteiger partial charge in [0.2, 0.25) is 5.91 Å². The van der Waals surface area contributed by atoms with E-state index >= 15 is 0 Å². The highest BCUT2D eigenvalue weighted by Gasteiger charge is 2.07. The highest BCUT2D eigenvalue weighted by atomic mass is 35.5. The Kier molecular flexibility index (Phi) is 6.95. The average molecular weight is 332 g/mol. The zero-order valence-electron chi connectivity index (χ0n) is 13.3. The summed E-state index contributed by atoms with van der Waals surface area (Å²) in [5, 5.41) is 3.66. The third-order valence-corrected chi connectivity index (χ3v) is 3.86. The van der Waals surface area contributed by atoms with Gasteiger partial charge >= 0.3 is 0 Å². The van der Waals surface area contributed by atoms with E-state index < -0.39 is 0 Å². The molecule has 4 heteroatoms. The molecule has 0 saturated carbocycles. The molecule has 23 heavy (non-hydrogen) atoms. The zero-order valence-corrected chi connectivity index (χ0v) is 14.1. The molecule has 0 saturated heterocycles. The largest absolute Gasteiger partial charge is 0.494 e. The number of hydrogen-bond acceptors (Lipinski definition) is 2. The fourth-order valence-corrected chi connectivity index (χ4v) is 2.33. The van der Waals surface area contributed by atoms with Crippen molar-refractivity contribution in [3.8, 4) is 5.75 Å². The van der Waals surface area contributed by atoms with E-state index in [1.807, 2.05) is 30.3 Å². The molecule has 3 nitrogen and oxygen atoms in total. The number of nitrogens with one attached hydrogen (secondary N) is 1. The van der Waals surface area contributed by atoms with Gasteiger partial charge in [0, 0.05) is 18.0 Å². The molecule has 0 heterocycles. The zero-order chi connectivity index (χ0) is 16.5. The van der Waals surface area contributed by atoms with Crippen LogP contribution in [-0.4, -0.2) is 19.1 Å². The summed E-state index contributed by atoms with van der Waals surface area (Å²) >= 11 is 5.81. The van der Waals surface area contributed by atoms with Crippen LogP contribution >= 0.6 is 11.6 Å². The second-order valence-corrected chi connectivity index (χ2v) is 5.96. The van der Waals surface area contributed by atoms with Crippen LogP contribution in [0.2, 0.25) is 5.02 Å². The molecular formula is C19H22ClNO2. The molecule has 0 radical (unpaired) electrons. The number of amides is 1. The van der Waals surface area contributed by atoms with Crippen LogP contribution in [0, 0.1) is 0 Å². The number of carbonyl (C=O) groups excluding carboxylic acids is 1. The maximum absolute atomic E-state index is 11.9. The summed E-state index contributed by atoms with van der Waals surface area (Å²) in [5.74, 6) is 1.14. The van der Waals surface area contributed by atoms with Crippen molar-refractivity contribution in [1.82, 2.24) is 5.32 Å². The first-order chi connectivity index (χ1) is 11.1. The first-order valence-electron chi connectivity index (χ1n) is 7.85. The predicted molar refractivity (Wildman–Crippen MR) is 94.0 cm³/mol. The van der Waals surface area contributed by atoms with Crippen molar-refractivity contribution in [1.29, 1.82) is 0 Å². The van der Waals surface area contributed by atoms with Crippen molar-refractivity contribution < 1.29 is 9.53 Å². The minimum Gasteiger partial charge on any atom is -0.494 e. The number of halogens is 1. The fraction of sp³-hybridized carbons (Fsp3) is 0.316. The summed E-state index contributed by atoms with van der Waals surface area (Å²) in [6, 6.07) is 17.4. The summed E-state index contributed by atoms with van der Waals surface area (Å²) in [7, 11) is 0. The van der Waals surface area contributed by atoms with Crippen LogP contribution in [0.4, 0.5) is 0 Å². The van der Waals surface area contributed by atoms with Crippen molar-refractivity contribution in [2.24, 2.45) is 0 Å². The predicted octanol–water partition coefficient (Wildman–Crippen LogP) is 4.42. The molecule has 0 aliphatic heterocycles. The lowest BCUT2D eigenvalue weighted by Gasteiger charge is -2.13. The van der Waals surface area contributed by atoms with Crippen molar-refractivity contribution in [2.45, 2.75) is 25.7 Å². The smallest absolute Gasteiger partial charge is 0.220 e. The van der Waals surface area contributed by atoms with E-state index in [4.69, 9.17) is 16.3 Å². The van der Waals surface area contributed by atoms with Crippen LogP contribution in [0.25, 0.3) is 0 Å². The Bertz CT molecular complexity index is 599. The number of carbonyl (C=O) groups is 1. The van der Waals surface area contributed by atoms with Gasteiger partial charge in [0.15, 0.2) is 0 Å². The molecule has 0 aliphatic rings. The standard InChI is InChI=1S/C19H22ClNO2/c1-15(16-6-3-2-4-7-16)14-21-19(22)8-5-13-23-18-11-9-17(20)10-12-18/h2-4,6-7,9-12,15H,5,8,13-14H2,1H3,(H,21,22)/t15-/m0/s1. The van der Waals surface area contributed by atoms with Crippen LogP contribution < -0.4 is 10.1 Å². The molecule has 0 unspecified atom stereocenters. The monoisotopic (exact) mass is 331 g/mol. The molecule has 2 aromatic rings. The minimum absolute atomic E-state index is 0.0625. The second kappa shape index (κ2) is 9.21.